The molecule has 128 valence electrons. The summed E-state index contributed by atoms with van der Waals surface area (Å²) < 4.78 is 0. The van der Waals surface area contributed by atoms with Gasteiger partial charge in [-0.1, -0.05) is 19.3 Å². The Kier molecular flexibility index (Phi) is 5.79. The van der Waals surface area contributed by atoms with Gasteiger partial charge in [0.1, 0.15) is 0 Å². The molecule has 0 radical (unpaired) electrons. The monoisotopic (exact) mass is 329 g/mol. The van der Waals surface area contributed by atoms with Crippen molar-refractivity contribution in [3.05, 3.63) is 0 Å². The molecule has 3 fully saturated rings. The van der Waals surface area contributed by atoms with Crippen LogP contribution < -0.4 is 11.1 Å². The Labute approximate surface area is 141 Å². The van der Waals surface area contributed by atoms with Crippen LogP contribution in [0.5, 0.6) is 0 Å². The minimum Gasteiger partial charge on any atom is -0.354 e. The number of carbonyl (C=O) groups excluding carboxylic acids is 1. The van der Waals surface area contributed by atoms with Crippen molar-refractivity contribution in [3.63, 3.8) is 0 Å². The molecule has 22 heavy (non-hydrogen) atoms. The van der Waals surface area contributed by atoms with Crippen molar-refractivity contribution in [2.45, 2.75) is 62.9 Å². The van der Waals surface area contributed by atoms with Crippen molar-refractivity contribution in [2.24, 2.45) is 23.5 Å². The van der Waals surface area contributed by atoms with Gasteiger partial charge < -0.3 is 16.0 Å². The first-order chi connectivity index (χ1) is 10.0. The summed E-state index contributed by atoms with van der Waals surface area (Å²) in [6, 6.07) is 0.102. The highest BCUT2D eigenvalue weighted by Crippen LogP contribution is 2.47. The number of rotatable bonds is 4. The summed E-state index contributed by atoms with van der Waals surface area (Å²) in [5.74, 6) is 1.45. The molecule has 0 aromatic carbocycles. The van der Waals surface area contributed by atoms with E-state index in [0.29, 0.717) is 11.8 Å². The smallest absolute Gasteiger partial charge is 0.225 e. The second-order valence-electron chi connectivity index (χ2n) is 7.83. The van der Waals surface area contributed by atoms with Gasteiger partial charge in [-0.25, -0.2) is 0 Å². The van der Waals surface area contributed by atoms with Crippen LogP contribution in [0.25, 0.3) is 0 Å². The number of likely N-dealkylation sites (N-methyl/N-ethyl adjacent to an activating group) is 1. The zero-order valence-electron chi connectivity index (χ0n) is 14.0. The van der Waals surface area contributed by atoms with E-state index in [1.807, 2.05) is 0 Å². The Morgan fingerprint density at radius 2 is 1.82 bits per heavy atom. The topological polar surface area (TPSA) is 58.4 Å². The summed E-state index contributed by atoms with van der Waals surface area (Å²) in [7, 11) is 4.31. The summed E-state index contributed by atoms with van der Waals surface area (Å²) >= 11 is 0. The van der Waals surface area contributed by atoms with Gasteiger partial charge in [0.05, 0.1) is 5.92 Å². The zero-order valence-corrected chi connectivity index (χ0v) is 14.8. The highest BCUT2D eigenvalue weighted by atomic mass is 35.5. The van der Waals surface area contributed by atoms with Gasteiger partial charge in [-0.05, 0) is 58.0 Å². The molecule has 3 N–H and O–H groups in total. The summed E-state index contributed by atoms with van der Waals surface area (Å²) in [4.78, 5) is 15.0. The number of hydrogen-bond donors (Lipinski definition) is 2. The molecule has 0 spiro atoms. The van der Waals surface area contributed by atoms with Gasteiger partial charge in [0, 0.05) is 18.1 Å². The van der Waals surface area contributed by atoms with E-state index in [-0.39, 0.29) is 35.8 Å². The van der Waals surface area contributed by atoms with Crippen LogP contribution in [0.2, 0.25) is 0 Å². The predicted molar refractivity (Wildman–Crippen MR) is 92.1 cm³/mol. The average Bonchev–Trinajstić information content (AvgIpc) is 3.06. The molecule has 3 saturated carbocycles. The summed E-state index contributed by atoms with van der Waals surface area (Å²) in [5, 5.41) is 3.27. The molecule has 2 bridgehead atoms. The molecule has 1 amide bonds. The Bertz CT molecular complexity index is 393. The maximum atomic E-state index is 12.6. The highest BCUT2D eigenvalue weighted by molar-refractivity contribution is 5.85. The molecular weight excluding hydrogens is 298 g/mol. The third kappa shape index (κ3) is 3.15. The van der Waals surface area contributed by atoms with Crippen LogP contribution in [0.1, 0.15) is 51.4 Å². The predicted octanol–water partition coefficient (Wildman–Crippen LogP) is 2.16. The fourth-order valence-corrected chi connectivity index (χ4v) is 5.09. The number of nitrogens with one attached hydrogen (secondary N) is 1. The van der Waals surface area contributed by atoms with Crippen molar-refractivity contribution in [1.29, 1.82) is 0 Å². The molecule has 5 heteroatoms. The molecule has 4 nitrogen and oxygen atoms in total. The Hall–Kier alpha value is -0.320. The lowest BCUT2D eigenvalue weighted by Crippen LogP contribution is -2.56. The fraction of sp³-hybridized carbons (Fsp3) is 0.941. The van der Waals surface area contributed by atoms with Crippen molar-refractivity contribution in [3.8, 4) is 0 Å². The standard InChI is InChI=1S/C17H31N3O.ClH/c1-20(2)17(8-4-3-5-9-17)11-19-16(21)14-12-6-7-13(10-12)15(14)18;/h12-15H,3-11,18H2,1-2H3,(H,19,21);1H. The van der Waals surface area contributed by atoms with E-state index in [9.17, 15) is 4.79 Å². The number of hydrogen-bond acceptors (Lipinski definition) is 3. The molecule has 3 aliphatic rings. The molecule has 0 aromatic rings. The van der Waals surface area contributed by atoms with Gasteiger partial charge >= 0.3 is 0 Å². The van der Waals surface area contributed by atoms with Gasteiger partial charge in [-0.15, -0.1) is 12.4 Å². The van der Waals surface area contributed by atoms with Crippen LogP contribution in [-0.2, 0) is 4.79 Å². The second-order valence-corrected chi connectivity index (χ2v) is 7.83. The Morgan fingerprint density at radius 1 is 1.18 bits per heavy atom. The SMILES string of the molecule is CN(C)C1(CNC(=O)C2C3CCC(C3)C2N)CCCCC1.Cl. The van der Waals surface area contributed by atoms with Crippen LogP contribution in [0.4, 0.5) is 0 Å². The van der Waals surface area contributed by atoms with Crippen LogP contribution >= 0.6 is 12.4 Å². The van der Waals surface area contributed by atoms with Gasteiger partial charge in [-0.2, -0.15) is 0 Å². The Morgan fingerprint density at radius 3 is 2.36 bits per heavy atom. The lowest BCUT2D eigenvalue weighted by molar-refractivity contribution is -0.127. The van der Waals surface area contributed by atoms with E-state index < -0.39 is 0 Å². The number of nitrogens with two attached hydrogens (primary N) is 1. The number of nitrogens with zero attached hydrogens (tertiary/aromatic N) is 1. The molecule has 3 rings (SSSR count). The van der Waals surface area contributed by atoms with Crippen LogP contribution in [0, 0.1) is 17.8 Å². The second kappa shape index (κ2) is 7.06. The van der Waals surface area contributed by atoms with E-state index in [1.54, 1.807) is 0 Å². The molecule has 4 unspecified atom stereocenters. The quantitative estimate of drug-likeness (QED) is 0.831. The average molecular weight is 330 g/mol. The van der Waals surface area contributed by atoms with E-state index in [4.69, 9.17) is 5.73 Å². The van der Waals surface area contributed by atoms with E-state index >= 15 is 0 Å². The van der Waals surface area contributed by atoms with E-state index in [2.05, 4.69) is 24.3 Å². The summed E-state index contributed by atoms with van der Waals surface area (Å²) in [5.41, 5.74) is 6.46. The first kappa shape index (κ1) is 18.0. The van der Waals surface area contributed by atoms with Gasteiger partial charge in [0.2, 0.25) is 5.91 Å². The minimum atomic E-state index is 0. The van der Waals surface area contributed by atoms with E-state index in [0.717, 1.165) is 6.54 Å². The molecule has 0 heterocycles. The normalized spacial score (nSPS) is 36.2. The maximum absolute atomic E-state index is 12.6. The summed E-state index contributed by atoms with van der Waals surface area (Å²) in [6.45, 7) is 0.791. The molecular formula is C17H32ClN3O. The van der Waals surface area contributed by atoms with Gasteiger partial charge in [-0.3, -0.25) is 4.79 Å². The van der Waals surface area contributed by atoms with Crippen LogP contribution in [-0.4, -0.2) is 43.0 Å². The zero-order chi connectivity index (χ0) is 15.0. The molecule has 3 aliphatic carbocycles. The number of halogens is 1. The molecule has 0 aromatic heterocycles. The lowest BCUT2D eigenvalue weighted by atomic mass is 9.80. The van der Waals surface area contributed by atoms with Crippen LogP contribution in [0.15, 0.2) is 0 Å². The van der Waals surface area contributed by atoms with Crippen molar-refractivity contribution in [2.75, 3.05) is 20.6 Å². The minimum absolute atomic E-state index is 0. The number of carbonyl (C=O) groups is 1. The van der Waals surface area contributed by atoms with E-state index in [1.165, 1.54) is 51.4 Å². The molecule has 0 aliphatic heterocycles. The maximum Gasteiger partial charge on any atom is 0.225 e. The fourth-order valence-electron chi connectivity index (χ4n) is 5.09. The third-order valence-corrected chi connectivity index (χ3v) is 6.61. The number of amides is 1. The van der Waals surface area contributed by atoms with Gasteiger partial charge in [0.15, 0.2) is 0 Å². The first-order valence-corrected chi connectivity index (χ1v) is 8.74. The lowest BCUT2D eigenvalue weighted by Gasteiger charge is -2.43. The summed E-state index contributed by atoms with van der Waals surface area (Å²) in [6.07, 6.45) is 9.90. The van der Waals surface area contributed by atoms with Crippen molar-refractivity contribution in [1.82, 2.24) is 10.2 Å². The third-order valence-electron chi connectivity index (χ3n) is 6.61. The van der Waals surface area contributed by atoms with Crippen LogP contribution in [0.3, 0.4) is 0 Å². The largest absolute Gasteiger partial charge is 0.354 e. The first-order valence-electron chi connectivity index (χ1n) is 8.74. The van der Waals surface area contributed by atoms with Gasteiger partial charge in [0.25, 0.3) is 0 Å². The van der Waals surface area contributed by atoms with Crippen molar-refractivity contribution < 1.29 is 4.79 Å². The number of fused-ring (bicyclic) bond motifs is 2. The van der Waals surface area contributed by atoms with Crippen molar-refractivity contribution >= 4 is 18.3 Å². The molecule has 4 atom stereocenters. The highest BCUT2D eigenvalue weighted by Gasteiger charge is 2.49. The Balaban J connectivity index is 0.00000176. The molecule has 0 saturated heterocycles.